The van der Waals surface area contributed by atoms with Crippen molar-refractivity contribution in [1.29, 1.82) is 0 Å². The summed E-state index contributed by atoms with van der Waals surface area (Å²) in [6, 6.07) is 12.3. The fraction of sp³-hybridized carbons (Fsp3) is 0.190. The molecular weight excluding hydrogens is 426 g/mol. The molecule has 0 unspecified atom stereocenters. The first kappa shape index (κ1) is 21.7. The number of aromatic amines is 1. The number of carbonyl (C=O) groups is 1. The molecule has 156 valence electrons. The molecule has 0 amide bonds. The van der Waals surface area contributed by atoms with E-state index in [1.807, 2.05) is 19.1 Å². The molecule has 0 aliphatic heterocycles. The number of hydrogen-bond acceptors (Lipinski definition) is 6. The Hall–Kier alpha value is -2.97. The number of aliphatic carboxylic acids is 1. The molecule has 2 aromatic carbocycles. The van der Waals surface area contributed by atoms with Crippen LogP contribution in [0.5, 0.6) is 11.5 Å². The summed E-state index contributed by atoms with van der Waals surface area (Å²) in [4.78, 5) is 16.2. The van der Waals surface area contributed by atoms with Gasteiger partial charge in [-0.15, -0.1) is 5.10 Å². The Morgan fingerprint density at radius 1 is 1.27 bits per heavy atom. The van der Waals surface area contributed by atoms with Gasteiger partial charge >= 0.3 is 5.97 Å². The number of nitrogens with one attached hydrogen (secondary N) is 1. The van der Waals surface area contributed by atoms with Crippen molar-refractivity contribution in [2.75, 3.05) is 13.7 Å². The highest BCUT2D eigenvalue weighted by atomic mass is 35.5. The van der Waals surface area contributed by atoms with Crippen LogP contribution in [-0.2, 0) is 4.79 Å². The third-order valence-corrected chi connectivity index (χ3v) is 5.06. The van der Waals surface area contributed by atoms with E-state index in [-0.39, 0.29) is 10.1 Å². The Bertz CT molecular complexity index is 1050. The molecule has 3 aromatic rings. The van der Waals surface area contributed by atoms with Crippen LogP contribution < -0.4 is 9.47 Å². The summed E-state index contributed by atoms with van der Waals surface area (Å²) < 4.78 is 10.9. The van der Waals surface area contributed by atoms with Crippen LogP contribution in [0.15, 0.2) is 52.5 Å². The third kappa shape index (κ3) is 5.55. The number of H-pyrrole nitrogens is 1. The molecule has 0 radical (unpaired) electrons. The molecule has 0 aliphatic rings. The number of methoxy groups -OCH3 is 1. The SMILES string of the molecule is CCCOc1ccc(/C=C(/Sc2n[nH]c(-c3cc(Cl)ccc3OC)n2)C(=O)O)cc1. The quantitative estimate of drug-likeness (QED) is 0.347. The summed E-state index contributed by atoms with van der Waals surface area (Å²) in [5, 5.41) is 17.3. The number of carboxylic acid groups (broad SMARTS) is 1. The van der Waals surface area contributed by atoms with Crippen molar-refractivity contribution in [3.05, 3.63) is 58.0 Å². The average Bonchev–Trinajstić information content (AvgIpc) is 3.21. The number of benzene rings is 2. The summed E-state index contributed by atoms with van der Waals surface area (Å²) in [6.07, 6.45) is 2.48. The van der Waals surface area contributed by atoms with Crippen molar-refractivity contribution in [2.45, 2.75) is 18.5 Å². The first-order valence-electron chi connectivity index (χ1n) is 9.12. The van der Waals surface area contributed by atoms with Crippen molar-refractivity contribution in [2.24, 2.45) is 0 Å². The normalized spacial score (nSPS) is 11.4. The second-order valence-corrected chi connectivity index (χ2v) is 7.59. The van der Waals surface area contributed by atoms with E-state index in [9.17, 15) is 9.90 Å². The lowest BCUT2D eigenvalue weighted by Gasteiger charge is -2.05. The van der Waals surface area contributed by atoms with Crippen LogP contribution in [0.1, 0.15) is 18.9 Å². The second-order valence-electron chi connectivity index (χ2n) is 6.14. The lowest BCUT2D eigenvalue weighted by Crippen LogP contribution is -1.97. The first-order chi connectivity index (χ1) is 14.5. The minimum atomic E-state index is -1.07. The Morgan fingerprint density at radius 3 is 2.70 bits per heavy atom. The van der Waals surface area contributed by atoms with E-state index in [1.165, 1.54) is 0 Å². The first-order valence-corrected chi connectivity index (χ1v) is 10.3. The highest BCUT2D eigenvalue weighted by molar-refractivity contribution is 8.04. The minimum Gasteiger partial charge on any atom is -0.496 e. The third-order valence-electron chi connectivity index (χ3n) is 3.94. The zero-order valence-electron chi connectivity index (χ0n) is 16.4. The molecule has 1 aromatic heterocycles. The molecular formula is C21H20ClN3O4S. The lowest BCUT2D eigenvalue weighted by atomic mass is 10.2. The molecule has 0 bridgehead atoms. The fourth-order valence-corrected chi connectivity index (χ4v) is 3.42. The van der Waals surface area contributed by atoms with Crippen molar-refractivity contribution in [3.8, 4) is 22.9 Å². The Kier molecular flexibility index (Phi) is 7.37. The van der Waals surface area contributed by atoms with Gasteiger partial charge in [0.15, 0.2) is 5.82 Å². The molecule has 0 fully saturated rings. The number of rotatable bonds is 9. The van der Waals surface area contributed by atoms with Crippen molar-refractivity contribution >= 4 is 35.4 Å². The smallest absolute Gasteiger partial charge is 0.342 e. The second kappa shape index (κ2) is 10.2. The summed E-state index contributed by atoms with van der Waals surface area (Å²) in [7, 11) is 1.54. The van der Waals surface area contributed by atoms with E-state index < -0.39 is 5.97 Å². The molecule has 0 aliphatic carbocycles. The standard InChI is InChI=1S/C21H20ClN3O4S/c1-3-10-29-15-7-4-13(5-8-15)11-18(20(26)27)30-21-23-19(24-25-21)16-12-14(22)6-9-17(16)28-2/h4-9,11-12H,3,10H2,1-2H3,(H,26,27)(H,23,24,25)/b18-11+. The van der Waals surface area contributed by atoms with E-state index >= 15 is 0 Å². The van der Waals surface area contributed by atoms with Gasteiger partial charge in [0.05, 0.1) is 19.3 Å². The van der Waals surface area contributed by atoms with Gasteiger partial charge in [0, 0.05) is 5.02 Å². The van der Waals surface area contributed by atoms with Crippen molar-refractivity contribution in [3.63, 3.8) is 0 Å². The monoisotopic (exact) mass is 445 g/mol. The van der Waals surface area contributed by atoms with Crippen molar-refractivity contribution in [1.82, 2.24) is 15.2 Å². The summed E-state index contributed by atoms with van der Waals surface area (Å²) >= 11 is 7.01. The minimum absolute atomic E-state index is 0.0841. The molecule has 0 atom stereocenters. The van der Waals surface area contributed by atoms with Crippen LogP contribution in [0.2, 0.25) is 5.02 Å². The highest BCUT2D eigenvalue weighted by Gasteiger charge is 2.16. The molecule has 1 heterocycles. The van der Waals surface area contributed by atoms with Crippen molar-refractivity contribution < 1.29 is 19.4 Å². The summed E-state index contributed by atoms with van der Waals surface area (Å²) in [5.74, 6) is 0.677. The van der Waals surface area contributed by atoms with E-state index in [2.05, 4.69) is 15.2 Å². The molecule has 30 heavy (non-hydrogen) atoms. The van der Waals surface area contributed by atoms with Crippen LogP contribution in [0.3, 0.4) is 0 Å². The molecule has 3 rings (SSSR count). The van der Waals surface area contributed by atoms with Gasteiger partial charge in [-0.2, -0.15) is 0 Å². The zero-order chi connectivity index (χ0) is 21.5. The van der Waals surface area contributed by atoms with Gasteiger partial charge in [-0.05, 0) is 60.2 Å². The maximum atomic E-state index is 11.7. The Morgan fingerprint density at radius 2 is 2.03 bits per heavy atom. The Labute approximate surface area is 183 Å². The maximum absolute atomic E-state index is 11.7. The van der Waals surface area contributed by atoms with Crippen LogP contribution in [0.25, 0.3) is 17.5 Å². The number of thioether (sulfide) groups is 1. The van der Waals surface area contributed by atoms with E-state index in [1.54, 1.807) is 43.5 Å². The molecule has 7 nitrogen and oxygen atoms in total. The van der Waals surface area contributed by atoms with Crippen LogP contribution in [0.4, 0.5) is 0 Å². The van der Waals surface area contributed by atoms with Crippen LogP contribution >= 0.6 is 23.4 Å². The van der Waals surface area contributed by atoms with E-state index in [0.717, 1.165) is 29.5 Å². The fourth-order valence-electron chi connectivity index (χ4n) is 2.54. The van der Waals surface area contributed by atoms with E-state index in [4.69, 9.17) is 21.1 Å². The Balaban J connectivity index is 1.80. The molecule has 2 N–H and O–H groups in total. The molecule has 0 saturated heterocycles. The van der Waals surface area contributed by atoms with Gasteiger partial charge in [0.25, 0.3) is 0 Å². The van der Waals surface area contributed by atoms with Gasteiger partial charge in [0.2, 0.25) is 5.16 Å². The van der Waals surface area contributed by atoms with Gasteiger partial charge in [-0.1, -0.05) is 30.7 Å². The maximum Gasteiger partial charge on any atom is 0.342 e. The average molecular weight is 446 g/mol. The number of nitrogens with zero attached hydrogens (tertiary/aromatic N) is 2. The topological polar surface area (TPSA) is 97.3 Å². The zero-order valence-corrected chi connectivity index (χ0v) is 18.0. The molecule has 0 saturated carbocycles. The van der Waals surface area contributed by atoms with Crippen LogP contribution in [0, 0.1) is 0 Å². The number of ether oxygens (including phenoxy) is 2. The molecule has 9 heteroatoms. The molecule has 0 spiro atoms. The lowest BCUT2D eigenvalue weighted by molar-refractivity contribution is -0.131. The largest absolute Gasteiger partial charge is 0.496 e. The number of hydrogen-bond donors (Lipinski definition) is 2. The van der Waals surface area contributed by atoms with Gasteiger partial charge in [0.1, 0.15) is 16.4 Å². The predicted octanol–water partition coefficient (Wildman–Crippen LogP) is 5.14. The summed E-state index contributed by atoms with van der Waals surface area (Å²) in [6.45, 7) is 2.67. The number of aromatic nitrogens is 3. The number of carboxylic acids is 1. The van der Waals surface area contributed by atoms with Gasteiger partial charge < -0.3 is 14.6 Å². The van der Waals surface area contributed by atoms with E-state index in [0.29, 0.717) is 28.8 Å². The van der Waals surface area contributed by atoms with Gasteiger partial charge in [-0.25, -0.2) is 9.78 Å². The highest BCUT2D eigenvalue weighted by Crippen LogP contribution is 2.33. The van der Waals surface area contributed by atoms with Gasteiger partial charge in [-0.3, -0.25) is 5.10 Å². The summed E-state index contributed by atoms with van der Waals surface area (Å²) in [5.41, 5.74) is 1.36. The predicted molar refractivity (Wildman–Crippen MR) is 117 cm³/mol. The van der Waals surface area contributed by atoms with Crippen LogP contribution in [-0.4, -0.2) is 40.0 Å². The number of halogens is 1.